The van der Waals surface area contributed by atoms with E-state index in [1.807, 2.05) is 27.7 Å². The molecule has 0 amide bonds. The lowest BCUT2D eigenvalue weighted by Gasteiger charge is -2.39. The molecule has 2 N–H and O–H groups in total. The van der Waals surface area contributed by atoms with E-state index in [1.165, 1.54) is 47.9 Å². The summed E-state index contributed by atoms with van der Waals surface area (Å²) in [4.78, 5) is 0. The summed E-state index contributed by atoms with van der Waals surface area (Å²) in [6.07, 6.45) is 5.95. The van der Waals surface area contributed by atoms with Crippen LogP contribution >= 0.6 is 0 Å². The fourth-order valence-electron chi connectivity index (χ4n) is 5.08. The van der Waals surface area contributed by atoms with Gasteiger partial charge in [0, 0.05) is 0 Å². The first-order valence-electron chi connectivity index (χ1n) is 10.6. The van der Waals surface area contributed by atoms with Crippen molar-refractivity contribution in [1.29, 1.82) is 0 Å². The molecule has 0 aliphatic heterocycles. The topological polar surface area (TPSA) is 40.5 Å². The number of hydrogen-bond donors (Lipinski definition) is 2. The summed E-state index contributed by atoms with van der Waals surface area (Å²) in [6.45, 7) is 14.8. The van der Waals surface area contributed by atoms with Crippen LogP contribution in [-0.2, 0) is 11.8 Å². The van der Waals surface area contributed by atoms with Gasteiger partial charge in [-0.1, -0.05) is 19.1 Å². The molecule has 1 saturated carbocycles. The molecule has 2 aromatic carbocycles. The van der Waals surface area contributed by atoms with Gasteiger partial charge in [0.25, 0.3) is 0 Å². The van der Waals surface area contributed by atoms with E-state index < -0.39 is 0 Å². The van der Waals surface area contributed by atoms with Crippen molar-refractivity contribution in [3.8, 4) is 11.5 Å². The lowest BCUT2D eigenvalue weighted by atomic mass is 9.66. The third-order valence-corrected chi connectivity index (χ3v) is 7.63. The fourth-order valence-corrected chi connectivity index (χ4v) is 5.08. The summed E-state index contributed by atoms with van der Waals surface area (Å²) in [5.74, 6) is 1.60. The minimum atomic E-state index is 0.199. The Labute approximate surface area is 170 Å². The average molecular weight is 381 g/mol. The summed E-state index contributed by atoms with van der Waals surface area (Å²) >= 11 is 0. The van der Waals surface area contributed by atoms with Gasteiger partial charge < -0.3 is 10.2 Å². The van der Waals surface area contributed by atoms with Crippen LogP contribution in [0.25, 0.3) is 0 Å². The zero-order valence-corrected chi connectivity index (χ0v) is 18.7. The molecule has 1 aliphatic rings. The Hall–Kier alpha value is -1.96. The first kappa shape index (κ1) is 20.8. The molecule has 2 aromatic rings. The molecule has 28 heavy (non-hydrogen) atoms. The molecule has 0 bridgehead atoms. The molecule has 1 fully saturated rings. The van der Waals surface area contributed by atoms with Gasteiger partial charge in [0.1, 0.15) is 11.5 Å². The Morgan fingerprint density at radius 1 is 0.786 bits per heavy atom. The largest absolute Gasteiger partial charge is 0.507 e. The highest BCUT2D eigenvalue weighted by molar-refractivity contribution is 5.53. The highest BCUT2D eigenvalue weighted by atomic mass is 16.3. The van der Waals surface area contributed by atoms with Crippen LogP contribution in [0, 0.1) is 47.5 Å². The van der Waals surface area contributed by atoms with E-state index in [-0.39, 0.29) is 5.41 Å². The quantitative estimate of drug-likeness (QED) is 0.626. The second-order valence-corrected chi connectivity index (χ2v) is 9.49. The minimum absolute atomic E-state index is 0.199. The second-order valence-electron chi connectivity index (χ2n) is 9.49. The molecule has 1 aliphatic carbocycles. The van der Waals surface area contributed by atoms with E-state index in [4.69, 9.17) is 0 Å². The van der Waals surface area contributed by atoms with E-state index in [9.17, 15) is 10.2 Å². The zero-order chi connectivity index (χ0) is 20.8. The van der Waals surface area contributed by atoms with Gasteiger partial charge in [-0.3, -0.25) is 0 Å². The van der Waals surface area contributed by atoms with Crippen LogP contribution in [-0.4, -0.2) is 10.2 Å². The maximum atomic E-state index is 10.3. The van der Waals surface area contributed by atoms with Crippen molar-refractivity contribution in [2.45, 2.75) is 86.0 Å². The number of aryl methyl sites for hydroxylation is 2. The van der Waals surface area contributed by atoms with Crippen molar-refractivity contribution < 1.29 is 10.2 Å². The van der Waals surface area contributed by atoms with Crippen LogP contribution < -0.4 is 0 Å². The van der Waals surface area contributed by atoms with Crippen LogP contribution in [0.3, 0.4) is 0 Å². The van der Waals surface area contributed by atoms with Crippen molar-refractivity contribution >= 4 is 0 Å². The van der Waals surface area contributed by atoms with Gasteiger partial charge in [0.05, 0.1) is 0 Å². The minimum Gasteiger partial charge on any atom is -0.507 e. The molecular formula is C26H36O2. The molecule has 0 atom stereocenters. The number of phenolic OH excluding ortho intramolecular Hbond substituents is 2. The lowest BCUT2D eigenvalue weighted by Crippen LogP contribution is -2.29. The molecule has 2 nitrogen and oxygen atoms in total. The molecule has 0 unspecified atom stereocenters. The fraction of sp³-hybridized carbons (Fsp3) is 0.538. The number of rotatable bonds is 3. The van der Waals surface area contributed by atoms with Gasteiger partial charge in [0.2, 0.25) is 0 Å². The Balaban J connectivity index is 1.78. The number of benzene rings is 2. The van der Waals surface area contributed by atoms with Crippen molar-refractivity contribution in [3.05, 3.63) is 56.6 Å². The van der Waals surface area contributed by atoms with Crippen molar-refractivity contribution in [1.82, 2.24) is 0 Å². The highest BCUT2D eigenvalue weighted by Crippen LogP contribution is 2.44. The number of phenols is 2. The molecule has 0 radical (unpaired) electrons. The summed E-state index contributed by atoms with van der Waals surface area (Å²) in [5, 5.41) is 20.5. The van der Waals surface area contributed by atoms with Crippen molar-refractivity contribution in [2.24, 2.45) is 5.92 Å². The standard InChI is InChI=1S/C26H36O2/c1-15-12-22(13-16(2)24(15)27)26(7)10-8-21(9-11-26)14-23-17(3)19(5)25(28)20(6)18(23)4/h12-13,21,27-28H,8-11,14H2,1-7H3. The second kappa shape index (κ2) is 7.46. The maximum Gasteiger partial charge on any atom is 0.121 e. The van der Waals surface area contributed by atoms with Crippen LogP contribution in [0.1, 0.15) is 77.1 Å². The van der Waals surface area contributed by atoms with Crippen molar-refractivity contribution in [2.75, 3.05) is 0 Å². The smallest absolute Gasteiger partial charge is 0.121 e. The third kappa shape index (κ3) is 3.54. The van der Waals surface area contributed by atoms with Crippen LogP contribution in [0.4, 0.5) is 0 Å². The number of aromatic hydroxyl groups is 2. The van der Waals surface area contributed by atoms with E-state index in [0.29, 0.717) is 17.4 Å². The molecule has 0 spiro atoms. The predicted octanol–water partition coefficient (Wildman–Crippen LogP) is 6.64. The zero-order valence-electron chi connectivity index (χ0n) is 18.7. The molecule has 0 saturated heterocycles. The summed E-state index contributed by atoms with van der Waals surface area (Å²) < 4.78 is 0. The Morgan fingerprint density at radius 3 is 1.71 bits per heavy atom. The van der Waals surface area contributed by atoms with E-state index >= 15 is 0 Å². The Kier molecular flexibility index (Phi) is 5.53. The Bertz CT molecular complexity index is 847. The monoisotopic (exact) mass is 380 g/mol. The SMILES string of the molecule is Cc1cc(C2(C)CCC(Cc3c(C)c(C)c(O)c(C)c3C)CC2)cc(C)c1O. The molecule has 152 valence electrons. The predicted molar refractivity (Wildman–Crippen MR) is 118 cm³/mol. The van der Waals surface area contributed by atoms with E-state index in [0.717, 1.165) is 28.7 Å². The number of hydrogen-bond acceptors (Lipinski definition) is 2. The maximum absolute atomic E-state index is 10.3. The van der Waals surface area contributed by atoms with Crippen molar-refractivity contribution in [3.63, 3.8) is 0 Å². The van der Waals surface area contributed by atoms with Gasteiger partial charge >= 0.3 is 0 Å². The molecule has 0 heterocycles. The van der Waals surface area contributed by atoms with Crippen LogP contribution in [0.2, 0.25) is 0 Å². The van der Waals surface area contributed by atoms with Crippen LogP contribution in [0.15, 0.2) is 12.1 Å². The molecule has 3 rings (SSSR count). The van der Waals surface area contributed by atoms with Gasteiger partial charge in [-0.15, -0.1) is 0 Å². The molecule has 0 aromatic heterocycles. The lowest BCUT2D eigenvalue weighted by molar-refractivity contribution is 0.246. The first-order chi connectivity index (χ1) is 13.0. The highest BCUT2D eigenvalue weighted by Gasteiger charge is 2.33. The van der Waals surface area contributed by atoms with Gasteiger partial charge in [0.15, 0.2) is 0 Å². The van der Waals surface area contributed by atoms with Crippen LogP contribution in [0.5, 0.6) is 11.5 Å². The average Bonchev–Trinajstić information content (AvgIpc) is 2.67. The summed E-state index contributed by atoms with van der Waals surface area (Å²) in [6, 6.07) is 4.37. The summed E-state index contributed by atoms with van der Waals surface area (Å²) in [5.41, 5.74) is 9.59. The first-order valence-corrected chi connectivity index (χ1v) is 10.6. The van der Waals surface area contributed by atoms with Gasteiger partial charge in [-0.25, -0.2) is 0 Å². The van der Waals surface area contributed by atoms with E-state index in [1.54, 1.807) is 0 Å². The Morgan fingerprint density at radius 2 is 1.25 bits per heavy atom. The van der Waals surface area contributed by atoms with Gasteiger partial charge in [-0.2, -0.15) is 0 Å². The molecular weight excluding hydrogens is 344 g/mol. The summed E-state index contributed by atoms with van der Waals surface area (Å²) in [7, 11) is 0. The van der Waals surface area contributed by atoms with E-state index in [2.05, 4.69) is 32.9 Å². The van der Waals surface area contributed by atoms with Gasteiger partial charge in [-0.05, 0) is 129 Å². The third-order valence-electron chi connectivity index (χ3n) is 7.63. The normalized spacial score (nSPS) is 22.5. The molecule has 2 heteroatoms.